The van der Waals surface area contributed by atoms with Gasteiger partial charge < -0.3 is 25.4 Å². The summed E-state index contributed by atoms with van der Waals surface area (Å²) in [5.41, 5.74) is 0.643. The minimum absolute atomic E-state index is 0.00743. The van der Waals surface area contributed by atoms with Gasteiger partial charge in [-0.2, -0.15) is 0 Å². The number of nitrogens with zero attached hydrogens (tertiary/aromatic N) is 1. The number of carbonyl (C=O) groups excluding carboxylic acids is 3. The highest BCUT2D eigenvalue weighted by Crippen LogP contribution is 2.71. The number of hydrogen-bond acceptors (Lipinski definition) is 6. The van der Waals surface area contributed by atoms with Crippen molar-refractivity contribution in [3.05, 3.63) is 24.3 Å². The lowest BCUT2D eigenvalue weighted by molar-refractivity contribution is -0.140. The van der Waals surface area contributed by atoms with Crippen LogP contribution >= 0.6 is 11.8 Å². The summed E-state index contributed by atoms with van der Waals surface area (Å²) < 4.78 is 4.37. The molecule has 0 saturated carbocycles. The first-order valence-corrected chi connectivity index (χ1v) is 13.5. The minimum atomic E-state index is -0.693. The Kier molecular flexibility index (Phi) is 7.38. The highest BCUT2D eigenvalue weighted by atomic mass is 32.2. The molecule has 1 spiro atoms. The third kappa shape index (κ3) is 4.42. The Balaban J connectivity index is 1.62. The van der Waals surface area contributed by atoms with Crippen LogP contribution in [0.3, 0.4) is 0 Å². The predicted molar refractivity (Wildman–Crippen MR) is 136 cm³/mol. The van der Waals surface area contributed by atoms with Crippen molar-refractivity contribution >= 4 is 35.2 Å². The number of fused-ring (bicyclic) bond motifs is 1. The van der Waals surface area contributed by atoms with E-state index >= 15 is 0 Å². The smallest absolute Gasteiger partial charge is 0.244 e. The van der Waals surface area contributed by atoms with E-state index in [2.05, 4.69) is 17.6 Å². The van der Waals surface area contributed by atoms with E-state index in [0.717, 1.165) is 25.0 Å². The number of anilines is 1. The van der Waals surface area contributed by atoms with Gasteiger partial charge in [0, 0.05) is 23.0 Å². The molecule has 6 atom stereocenters. The molecule has 3 fully saturated rings. The fourth-order valence-corrected chi connectivity index (χ4v) is 8.68. The quantitative estimate of drug-likeness (QED) is 0.453. The second-order valence-electron chi connectivity index (χ2n) is 10.1. The third-order valence-electron chi connectivity index (χ3n) is 7.69. The molecule has 3 aliphatic heterocycles. The second kappa shape index (κ2) is 10.0. The van der Waals surface area contributed by atoms with Gasteiger partial charge in [0.15, 0.2) is 0 Å². The molecule has 0 radical (unpaired) electrons. The molecule has 2 bridgehead atoms. The van der Waals surface area contributed by atoms with Crippen LogP contribution in [0.5, 0.6) is 5.75 Å². The zero-order valence-electron chi connectivity index (χ0n) is 21.0. The molecule has 8 nitrogen and oxygen atoms in total. The number of ether oxygens (including phenoxy) is 1. The van der Waals surface area contributed by atoms with Gasteiger partial charge in [-0.25, -0.2) is 0 Å². The molecule has 3 amide bonds. The van der Waals surface area contributed by atoms with Crippen LogP contribution in [-0.2, 0) is 14.4 Å². The number of β-amino-alcohol motifs (C(OH)–C–C–N with tert-alkyl or cyclic N) is 1. The molecular formula is C26H37N3O5S. The topological polar surface area (TPSA) is 108 Å². The van der Waals surface area contributed by atoms with Crippen LogP contribution in [0.2, 0.25) is 0 Å². The fourth-order valence-electron chi connectivity index (χ4n) is 6.32. The zero-order valence-corrected chi connectivity index (χ0v) is 21.8. The van der Waals surface area contributed by atoms with Crippen LogP contribution in [0.15, 0.2) is 24.3 Å². The highest BCUT2D eigenvalue weighted by molar-refractivity contribution is 8.02. The summed E-state index contributed by atoms with van der Waals surface area (Å²) in [5, 5.41) is 15.8. The number of nitrogens with one attached hydrogen (secondary N) is 2. The summed E-state index contributed by atoms with van der Waals surface area (Å²) >= 11 is 1.63. The first-order chi connectivity index (χ1) is 16.7. The molecule has 1 aromatic rings. The van der Waals surface area contributed by atoms with Crippen LogP contribution in [0, 0.1) is 11.8 Å². The molecule has 4 rings (SSSR count). The van der Waals surface area contributed by atoms with Crippen molar-refractivity contribution in [2.45, 2.75) is 75.0 Å². The molecule has 192 valence electrons. The summed E-state index contributed by atoms with van der Waals surface area (Å²) in [6.07, 6.45) is 3.24. The Hall–Kier alpha value is -2.26. The molecule has 3 aliphatic rings. The standard InChI is InChI=1S/C26H37N3O5S/c1-5-7-16(3)27-23(32)21-26-13-12-25(4,35-26)19(20(26)24(33)29(21)14-15-30)22(31)28-17-8-10-18(11-9-17)34-6-2/h8-11,16,19-21,30H,5-7,12-15H2,1-4H3,(H,27,32)(H,28,31)/t16?,19-,20-,21?,25+,26?/m0/s1. The van der Waals surface area contributed by atoms with Crippen molar-refractivity contribution in [2.24, 2.45) is 11.8 Å². The van der Waals surface area contributed by atoms with E-state index in [4.69, 9.17) is 4.74 Å². The van der Waals surface area contributed by atoms with Gasteiger partial charge in [0.05, 0.1) is 29.8 Å². The molecule has 35 heavy (non-hydrogen) atoms. The van der Waals surface area contributed by atoms with Crippen molar-refractivity contribution < 1.29 is 24.2 Å². The monoisotopic (exact) mass is 503 g/mol. The van der Waals surface area contributed by atoms with Crippen LogP contribution in [0.1, 0.15) is 53.4 Å². The number of benzene rings is 1. The number of amides is 3. The molecule has 0 aromatic heterocycles. The Morgan fingerprint density at radius 1 is 1.23 bits per heavy atom. The third-order valence-corrected chi connectivity index (χ3v) is 9.68. The Labute approximate surface area is 211 Å². The number of hydrogen-bond donors (Lipinski definition) is 3. The van der Waals surface area contributed by atoms with Gasteiger partial charge in [-0.15, -0.1) is 11.8 Å². The summed E-state index contributed by atoms with van der Waals surface area (Å²) in [6.45, 7) is 8.41. The van der Waals surface area contributed by atoms with Crippen molar-refractivity contribution in [3.63, 3.8) is 0 Å². The maximum atomic E-state index is 13.7. The van der Waals surface area contributed by atoms with Crippen molar-refractivity contribution in [1.29, 1.82) is 0 Å². The Bertz CT molecular complexity index is 972. The van der Waals surface area contributed by atoms with Crippen molar-refractivity contribution in [1.82, 2.24) is 10.2 Å². The van der Waals surface area contributed by atoms with E-state index < -0.39 is 27.4 Å². The summed E-state index contributed by atoms with van der Waals surface area (Å²) in [7, 11) is 0. The minimum Gasteiger partial charge on any atom is -0.494 e. The van der Waals surface area contributed by atoms with Gasteiger partial charge in [0.25, 0.3) is 0 Å². The van der Waals surface area contributed by atoms with E-state index in [1.165, 1.54) is 4.90 Å². The lowest BCUT2D eigenvalue weighted by Gasteiger charge is -2.35. The van der Waals surface area contributed by atoms with Gasteiger partial charge in [-0.05, 0) is 64.3 Å². The second-order valence-corrected chi connectivity index (χ2v) is 12.0. The van der Waals surface area contributed by atoms with E-state index in [1.54, 1.807) is 36.0 Å². The number of likely N-dealkylation sites (tertiary alicyclic amines) is 1. The number of aliphatic hydroxyl groups excluding tert-OH is 1. The number of carbonyl (C=O) groups is 3. The Morgan fingerprint density at radius 3 is 2.57 bits per heavy atom. The Morgan fingerprint density at radius 2 is 1.94 bits per heavy atom. The molecule has 9 heteroatoms. The van der Waals surface area contributed by atoms with Gasteiger partial charge in [0.2, 0.25) is 17.7 Å². The van der Waals surface area contributed by atoms with Crippen molar-refractivity contribution in [2.75, 3.05) is 25.1 Å². The van der Waals surface area contributed by atoms with E-state index in [0.29, 0.717) is 18.7 Å². The first kappa shape index (κ1) is 25.8. The summed E-state index contributed by atoms with van der Waals surface area (Å²) in [5.74, 6) is -1.02. The van der Waals surface area contributed by atoms with Crippen LogP contribution in [0.25, 0.3) is 0 Å². The highest BCUT2D eigenvalue weighted by Gasteiger charge is 2.77. The molecule has 0 aliphatic carbocycles. The number of rotatable bonds is 10. The number of aliphatic hydroxyl groups is 1. The first-order valence-electron chi connectivity index (χ1n) is 12.7. The molecule has 3 N–H and O–H groups in total. The van der Waals surface area contributed by atoms with E-state index in [9.17, 15) is 19.5 Å². The van der Waals surface area contributed by atoms with E-state index in [1.807, 2.05) is 20.8 Å². The maximum absolute atomic E-state index is 13.7. The average Bonchev–Trinajstić information content (AvgIpc) is 3.37. The lowest BCUT2D eigenvalue weighted by Crippen LogP contribution is -2.55. The summed E-state index contributed by atoms with van der Waals surface area (Å²) in [4.78, 5) is 42.4. The molecule has 3 saturated heterocycles. The average molecular weight is 504 g/mol. The van der Waals surface area contributed by atoms with Crippen LogP contribution in [0.4, 0.5) is 5.69 Å². The molecular weight excluding hydrogens is 466 g/mol. The largest absolute Gasteiger partial charge is 0.494 e. The SMILES string of the molecule is CCCC(C)NC(=O)C1N(CCO)C(=O)[C@@H]2[C@@H](C(=O)Nc3ccc(OCC)cc3)[C@@]3(C)CCC12S3. The van der Waals surface area contributed by atoms with E-state index in [-0.39, 0.29) is 36.9 Å². The van der Waals surface area contributed by atoms with Gasteiger partial charge in [0.1, 0.15) is 11.8 Å². The lowest BCUT2D eigenvalue weighted by atomic mass is 9.66. The van der Waals surface area contributed by atoms with Crippen LogP contribution in [-0.4, -0.2) is 69.1 Å². The van der Waals surface area contributed by atoms with Crippen molar-refractivity contribution in [3.8, 4) is 5.75 Å². The van der Waals surface area contributed by atoms with Gasteiger partial charge in [-0.3, -0.25) is 14.4 Å². The molecule has 3 heterocycles. The molecule has 3 unspecified atom stereocenters. The van der Waals surface area contributed by atoms with Gasteiger partial charge in [-0.1, -0.05) is 13.3 Å². The number of thioether (sulfide) groups is 1. The van der Waals surface area contributed by atoms with Crippen LogP contribution < -0.4 is 15.4 Å². The predicted octanol–water partition coefficient (Wildman–Crippen LogP) is 2.80. The van der Waals surface area contributed by atoms with Gasteiger partial charge >= 0.3 is 0 Å². The fraction of sp³-hybridized carbons (Fsp3) is 0.654. The molecule has 1 aromatic carbocycles. The zero-order chi connectivity index (χ0) is 25.4. The normalized spacial score (nSPS) is 31.9. The summed E-state index contributed by atoms with van der Waals surface area (Å²) in [6, 6.07) is 6.50. The maximum Gasteiger partial charge on any atom is 0.244 e.